The molecule has 0 radical (unpaired) electrons. The van der Waals surface area contributed by atoms with Gasteiger partial charge < -0.3 is 15.4 Å². The second-order valence-corrected chi connectivity index (χ2v) is 5.02. The van der Waals surface area contributed by atoms with Crippen molar-refractivity contribution >= 4 is 17.5 Å². The minimum absolute atomic E-state index is 0.142. The maximum atomic E-state index is 11.7. The van der Waals surface area contributed by atoms with Crippen molar-refractivity contribution in [2.45, 2.75) is 38.2 Å². The number of hydrogen-bond acceptors (Lipinski definition) is 5. The lowest BCUT2D eigenvalue weighted by Crippen LogP contribution is -2.37. The Balaban J connectivity index is 1.54. The van der Waals surface area contributed by atoms with E-state index < -0.39 is 0 Å². The Morgan fingerprint density at radius 3 is 2.85 bits per heavy atom. The molecule has 0 aliphatic carbocycles. The van der Waals surface area contributed by atoms with Gasteiger partial charge in [0.25, 0.3) is 5.91 Å². The van der Waals surface area contributed by atoms with E-state index in [4.69, 9.17) is 4.74 Å². The van der Waals surface area contributed by atoms with Gasteiger partial charge in [0.2, 0.25) is 5.91 Å². The van der Waals surface area contributed by atoms with Crippen LogP contribution in [0.3, 0.4) is 0 Å². The van der Waals surface area contributed by atoms with Crippen LogP contribution in [0.4, 0.5) is 0 Å². The molecule has 1 fully saturated rings. The van der Waals surface area contributed by atoms with Gasteiger partial charge in [-0.15, -0.1) is 0 Å². The number of nitrogens with one attached hydrogen (secondary N) is 3. The van der Waals surface area contributed by atoms with Crippen LogP contribution >= 0.6 is 0 Å². The first kappa shape index (κ1) is 14.9. The summed E-state index contributed by atoms with van der Waals surface area (Å²) in [6.07, 6.45) is 3.99. The van der Waals surface area contributed by atoms with E-state index in [2.05, 4.69) is 21.2 Å². The summed E-state index contributed by atoms with van der Waals surface area (Å²) in [4.78, 5) is 22.6. The van der Waals surface area contributed by atoms with E-state index in [1.807, 2.05) is 0 Å². The zero-order valence-corrected chi connectivity index (χ0v) is 11.6. The lowest BCUT2D eigenvalue weighted by atomic mass is 10.1. The zero-order valence-electron chi connectivity index (χ0n) is 11.6. The predicted molar refractivity (Wildman–Crippen MR) is 74.3 cm³/mol. The minimum atomic E-state index is -0.202. The van der Waals surface area contributed by atoms with Crippen LogP contribution in [0.25, 0.3) is 0 Å². The van der Waals surface area contributed by atoms with Crippen molar-refractivity contribution in [3.05, 3.63) is 0 Å². The summed E-state index contributed by atoms with van der Waals surface area (Å²) in [5.41, 5.74) is 2.71. The molecule has 20 heavy (non-hydrogen) atoms. The molecule has 0 spiro atoms. The molecule has 0 bridgehead atoms. The Bertz CT molecular complexity index is 378. The molecule has 2 heterocycles. The van der Waals surface area contributed by atoms with Gasteiger partial charge >= 0.3 is 0 Å². The number of piperidine rings is 1. The van der Waals surface area contributed by atoms with Crippen LogP contribution in [0.15, 0.2) is 5.10 Å². The summed E-state index contributed by atoms with van der Waals surface area (Å²) >= 11 is 0. The fraction of sp³-hybridized carbons (Fsp3) is 0.769. The van der Waals surface area contributed by atoms with Gasteiger partial charge in [0, 0.05) is 26.0 Å². The first-order chi connectivity index (χ1) is 9.75. The molecule has 7 nitrogen and oxygen atoms in total. The largest absolute Gasteiger partial charge is 0.378 e. The molecule has 2 aliphatic rings. The Morgan fingerprint density at radius 2 is 2.15 bits per heavy atom. The number of nitrogens with zero attached hydrogens (tertiary/aromatic N) is 1. The molecule has 0 aromatic carbocycles. The van der Waals surface area contributed by atoms with Crippen LogP contribution in [0.5, 0.6) is 0 Å². The fourth-order valence-corrected chi connectivity index (χ4v) is 2.23. The van der Waals surface area contributed by atoms with E-state index >= 15 is 0 Å². The van der Waals surface area contributed by atoms with Gasteiger partial charge in [-0.1, -0.05) is 0 Å². The molecule has 2 amide bonds. The van der Waals surface area contributed by atoms with Crippen molar-refractivity contribution < 1.29 is 14.3 Å². The molecule has 0 atom stereocenters. The Kier molecular flexibility index (Phi) is 5.94. The third-order valence-electron chi connectivity index (χ3n) is 3.41. The third kappa shape index (κ3) is 4.90. The summed E-state index contributed by atoms with van der Waals surface area (Å²) in [6, 6.07) is 0. The van der Waals surface area contributed by atoms with Crippen LogP contribution in [0, 0.1) is 0 Å². The highest BCUT2D eigenvalue weighted by atomic mass is 16.5. The molecule has 1 saturated heterocycles. The van der Waals surface area contributed by atoms with Crippen molar-refractivity contribution in [2.24, 2.45) is 5.10 Å². The standard InChI is InChI=1S/C13H22N4O3/c18-12-3-2-11(16-17-12)13(19)15-6-1-9-20-10-4-7-14-8-5-10/h10,14H,1-9H2,(H,15,19)(H,17,18). The maximum Gasteiger partial charge on any atom is 0.267 e. The van der Waals surface area contributed by atoms with E-state index in [9.17, 15) is 9.59 Å². The predicted octanol–water partition coefficient (Wildman–Crippen LogP) is -0.473. The first-order valence-electron chi connectivity index (χ1n) is 7.21. The fourth-order valence-electron chi connectivity index (χ4n) is 2.23. The Hall–Kier alpha value is -1.47. The minimum Gasteiger partial charge on any atom is -0.378 e. The first-order valence-corrected chi connectivity index (χ1v) is 7.21. The number of carbonyl (C=O) groups is 2. The monoisotopic (exact) mass is 282 g/mol. The topological polar surface area (TPSA) is 91.8 Å². The third-order valence-corrected chi connectivity index (χ3v) is 3.41. The van der Waals surface area contributed by atoms with E-state index in [-0.39, 0.29) is 11.8 Å². The highest BCUT2D eigenvalue weighted by Gasteiger charge is 2.17. The number of carbonyl (C=O) groups excluding carboxylic acids is 2. The maximum absolute atomic E-state index is 11.7. The second kappa shape index (κ2) is 7.96. The van der Waals surface area contributed by atoms with Gasteiger partial charge in [0.05, 0.1) is 6.10 Å². The van der Waals surface area contributed by atoms with Crippen molar-refractivity contribution in [2.75, 3.05) is 26.2 Å². The molecule has 0 aromatic rings. The van der Waals surface area contributed by atoms with Gasteiger partial charge in [-0.25, -0.2) is 5.43 Å². The van der Waals surface area contributed by atoms with Crippen LogP contribution in [-0.2, 0) is 14.3 Å². The SMILES string of the molecule is O=C1CCC(C(=O)NCCCOC2CCNCC2)=NN1. The highest BCUT2D eigenvalue weighted by Crippen LogP contribution is 2.07. The normalized spacial score (nSPS) is 20.2. The van der Waals surface area contributed by atoms with Crippen molar-refractivity contribution in [3.63, 3.8) is 0 Å². The van der Waals surface area contributed by atoms with Gasteiger partial charge in [0.1, 0.15) is 5.71 Å². The summed E-state index contributed by atoms with van der Waals surface area (Å²) in [5, 5.41) is 9.83. The molecule has 0 aromatic heterocycles. The average Bonchev–Trinajstić information content (AvgIpc) is 2.48. The summed E-state index contributed by atoms with van der Waals surface area (Å²) in [6.45, 7) is 3.27. The molecule has 0 saturated carbocycles. The van der Waals surface area contributed by atoms with Crippen LogP contribution in [0.2, 0.25) is 0 Å². The summed E-state index contributed by atoms with van der Waals surface area (Å²) in [7, 11) is 0. The number of ether oxygens (including phenoxy) is 1. The number of hydrogen-bond donors (Lipinski definition) is 3. The lowest BCUT2D eigenvalue weighted by Gasteiger charge is -2.22. The van der Waals surface area contributed by atoms with Gasteiger partial charge in [0.15, 0.2) is 0 Å². The van der Waals surface area contributed by atoms with Crippen molar-refractivity contribution in [1.29, 1.82) is 0 Å². The van der Waals surface area contributed by atoms with Crippen molar-refractivity contribution in [3.8, 4) is 0 Å². The van der Waals surface area contributed by atoms with E-state index in [0.29, 0.717) is 37.8 Å². The van der Waals surface area contributed by atoms with Crippen LogP contribution < -0.4 is 16.1 Å². The van der Waals surface area contributed by atoms with Gasteiger partial charge in [-0.05, 0) is 32.4 Å². The summed E-state index contributed by atoms with van der Waals surface area (Å²) in [5.74, 6) is -0.344. The number of amides is 2. The molecular weight excluding hydrogens is 260 g/mol. The quantitative estimate of drug-likeness (QED) is 0.574. The zero-order chi connectivity index (χ0) is 14.2. The molecule has 3 N–H and O–H groups in total. The molecule has 0 unspecified atom stereocenters. The highest BCUT2D eigenvalue weighted by molar-refractivity contribution is 6.39. The van der Waals surface area contributed by atoms with E-state index in [1.165, 1.54) is 0 Å². The molecular formula is C13H22N4O3. The molecule has 7 heteroatoms. The smallest absolute Gasteiger partial charge is 0.267 e. The number of rotatable bonds is 6. The average molecular weight is 282 g/mol. The lowest BCUT2D eigenvalue weighted by molar-refractivity contribution is -0.121. The number of hydrazone groups is 1. The van der Waals surface area contributed by atoms with E-state index in [1.54, 1.807) is 0 Å². The Labute approximate surface area is 118 Å². The van der Waals surface area contributed by atoms with Crippen LogP contribution in [0.1, 0.15) is 32.1 Å². The second-order valence-electron chi connectivity index (χ2n) is 5.02. The molecule has 2 aliphatic heterocycles. The Morgan fingerprint density at radius 1 is 1.35 bits per heavy atom. The summed E-state index contributed by atoms with van der Waals surface area (Å²) < 4.78 is 5.75. The molecule has 112 valence electrons. The van der Waals surface area contributed by atoms with Gasteiger partial charge in [-0.3, -0.25) is 9.59 Å². The van der Waals surface area contributed by atoms with Gasteiger partial charge in [-0.2, -0.15) is 5.10 Å². The van der Waals surface area contributed by atoms with Crippen molar-refractivity contribution in [1.82, 2.24) is 16.1 Å². The van der Waals surface area contributed by atoms with E-state index in [0.717, 1.165) is 32.4 Å². The molecule has 2 rings (SSSR count). The van der Waals surface area contributed by atoms with Crippen LogP contribution in [-0.4, -0.2) is 49.9 Å².